The number of hydrogen-bond acceptors (Lipinski definition) is 4. The van der Waals surface area contributed by atoms with E-state index in [4.69, 9.17) is 0 Å². The van der Waals surface area contributed by atoms with Gasteiger partial charge in [0.25, 0.3) is 0 Å². The molecule has 1 amide bonds. The van der Waals surface area contributed by atoms with Crippen LogP contribution in [0.2, 0.25) is 0 Å². The van der Waals surface area contributed by atoms with Crippen LogP contribution in [0.4, 0.5) is 4.39 Å². The highest BCUT2D eigenvalue weighted by Gasteiger charge is 2.30. The fraction of sp³-hybridized carbons (Fsp3) is 0.619. The molecule has 1 saturated carbocycles. The summed E-state index contributed by atoms with van der Waals surface area (Å²) in [6.45, 7) is 2.52. The van der Waals surface area contributed by atoms with Gasteiger partial charge in [-0.1, -0.05) is 12.1 Å². The number of aliphatic imine (C=N–C) groups is 1. The first kappa shape index (κ1) is 25.6. The smallest absolute Gasteiger partial charge is 0.225 e. The van der Waals surface area contributed by atoms with Crippen LogP contribution in [-0.4, -0.2) is 66.7 Å². The minimum Gasteiger partial charge on any atom is -0.356 e. The van der Waals surface area contributed by atoms with Crippen molar-refractivity contribution < 1.29 is 9.18 Å². The summed E-state index contributed by atoms with van der Waals surface area (Å²) in [5.41, 5.74) is 0. The Balaban J connectivity index is 0.00000320. The molecule has 0 spiro atoms. The maximum absolute atomic E-state index is 13.7. The van der Waals surface area contributed by atoms with Crippen molar-refractivity contribution in [2.75, 3.05) is 43.9 Å². The standard InChI is InChI=1S/C21H31FN4OS2.HI/c1-23-21(24-10-13-29-19-5-3-2-4-18(19)22)25-17-8-6-16(7-9-17)20(27)26-11-14-28-15-12-26;/h2-5,16-17H,6-15H2,1H3,(H2,23,24,25);1H. The molecular formula is C21H32FIN4OS2. The average molecular weight is 567 g/mol. The molecule has 2 aliphatic rings. The Kier molecular flexibility index (Phi) is 11.7. The zero-order chi connectivity index (χ0) is 20.5. The number of benzene rings is 1. The van der Waals surface area contributed by atoms with Crippen molar-refractivity contribution in [3.63, 3.8) is 0 Å². The van der Waals surface area contributed by atoms with E-state index in [2.05, 4.69) is 20.5 Å². The highest BCUT2D eigenvalue weighted by molar-refractivity contribution is 14.0. The minimum absolute atomic E-state index is 0. The number of guanidine groups is 1. The van der Waals surface area contributed by atoms with Crippen LogP contribution >= 0.6 is 47.5 Å². The molecule has 30 heavy (non-hydrogen) atoms. The van der Waals surface area contributed by atoms with Crippen LogP contribution < -0.4 is 10.6 Å². The Hall–Kier alpha value is -0.680. The number of thioether (sulfide) groups is 2. The molecule has 2 N–H and O–H groups in total. The van der Waals surface area contributed by atoms with Gasteiger partial charge in [-0.25, -0.2) is 4.39 Å². The van der Waals surface area contributed by atoms with Crippen molar-refractivity contribution in [1.29, 1.82) is 0 Å². The van der Waals surface area contributed by atoms with E-state index in [0.29, 0.717) is 23.4 Å². The third kappa shape index (κ3) is 7.78. The van der Waals surface area contributed by atoms with Crippen LogP contribution in [0.5, 0.6) is 0 Å². The molecule has 1 aliphatic heterocycles. The number of rotatable bonds is 6. The van der Waals surface area contributed by atoms with Crippen LogP contribution in [0, 0.1) is 11.7 Å². The summed E-state index contributed by atoms with van der Waals surface area (Å²) >= 11 is 3.43. The maximum Gasteiger partial charge on any atom is 0.225 e. The topological polar surface area (TPSA) is 56.7 Å². The van der Waals surface area contributed by atoms with Gasteiger partial charge in [-0.05, 0) is 37.8 Å². The van der Waals surface area contributed by atoms with Gasteiger partial charge in [-0.2, -0.15) is 11.8 Å². The molecule has 0 aromatic heterocycles. The second-order valence-corrected chi connectivity index (χ2v) is 9.77. The zero-order valence-electron chi connectivity index (χ0n) is 17.4. The van der Waals surface area contributed by atoms with Gasteiger partial charge in [0.15, 0.2) is 5.96 Å². The lowest BCUT2D eigenvalue weighted by molar-refractivity contribution is -0.136. The molecule has 0 unspecified atom stereocenters. The molecule has 1 aliphatic carbocycles. The van der Waals surface area contributed by atoms with Gasteiger partial charge < -0.3 is 15.5 Å². The van der Waals surface area contributed by atoms with E-state index >= 15 is 0 Å². The number of carbonyl (C=O) groups excluding carboxylic acids is 1. The van der Waals surface area contributed by atoms with E-state index in [0.717, 1.165) is 62.0 Å². The number of carbonyl (C=O) groups is 1. The molecule has 2 fully saturated rings. The second kappa shape index (κ2) is 13.7. The zero-order valence-corrected chi connectivity index (χ0v) is 21.4. The van der Waals surface area contributed by atoms with Crippen molar-refractivity contribution in [3.05, 3.63) is 30.1 Å². The van der Waals surface area contributed by atoms with Gasteiger partial charge in [0.1, 0.15) is 5.82 Å². The summed E-state index contributed by atoms with van der Waals surface area (Å²) in [4.78, 5) is 19.7. The maximum atomic E-state index is 13.7. The first-order chi connectivity index (χ1) is 14.2. The Bertz CT molecular complexity index is 695. The molecule has 1 aromatic rings. The summed E-state index contributed by atoms with van der Waals surface area (Å²) < 4.78 is 13.7. The normalized spacial score (nSPS) is 22.2. The predicted octanol–water partition coefficient (Wildman–Crippen LogP) is 3.84. The van der Waals surface area contributed by atoms with Crippen molar-refractivity contribution in [2.24, 2.45) is 10.9 Å². The first-order valence-electron chi connectivity index (χ1n) is 10.4. The van der Waals surface area contributed by atoms with E-state index in [9.17, 15) is 9.18 Å². The summed E-state index contributed by atoms with van der Waals surface area (Å²) in [5, 5.41) is 6.79. The SMILES string of the molecule is CN=C(NCCSc1ccccc1F)NC1CCC(C(=O)N2CCSCC2)CC1.I. The summed E-state index contributed by atoms with van der Waals surface area (Å²) in [5.74, 6) is 4.05. The van der Waals surface area contributed by atoms with Crippen molar-refractivity contribution >= 4 is 59.4 Å². The van der Waals surface area contributed by atoms with E-state index in [-0.39, 0.29) is 35.7 Å². The largest absolute Gasteiger partial charge is 0.356 e. The molecule has 1 heterocycles. The number of nitrogens with one attached hydrogen (secondary N) is 2. The Morgan fingerprint density at radius 1 is 1.23 bits per heavy atom. The molecule has 3 rings (SSSR count). The molecule has 1 saturated heterocycles. The molecule has 0 radical (unpaired) electrons. The van der Waals surface area contributed by atoms with E-state index in [1.165, 1.54) is 17.8 Å². The molecular weight excluding hydrogens is 534 g/mol. The highest BCUT2D eigenvalue weighted by atomic mass is 127. The molecule has 0 bridgehead atoms. The summed E-state index contributed by atoms with van der Waals surface area (Å²) in [7, 11) is 1.77. The van der Waals surface area contributed by atoms with Gasteiger partial charge in [0, 0.05) is 60.8 Å². The van der Waals surface area contributed by atoms with Crippen LogP contribution in [0.3, 0.4) is 0 Å². The number of nitrogens with zero attached hydrogens (tertiary/aromatic N) is 2. The monoisotopic (exact) mass is 566 g/mol. The summed E-state index contributed by atoms with van der Waals surface area (Å²) in [6, 6.07) is 7.19. The van der Waals surface area contributed by atoms with E-state index in [1.54, 1.807) is 19.2 Å². The highest BCUT2D eigenvalue weighted by Crippen LogP contribution is 2.27. The Labute approximate surface area is 204 Å². The number of halogens is 2. The van der Waals surface area contributed by atoms with Gasteiger partial charge in [0.05, 0.1) is 0 Å². The van der Waals surface area contributed by atoms with Crippen LogP contribution in [0.15, 0.2) is 34.2 Å². The van der Waals surface area contributed by atoms with Crippen LogP contribution in [0.1, 0.15) is 25.7 Å². The lowest BCUT2D eigenvalue weighted by atomic mass is 9.85. The number of hydrogen-bond donors (Lipinski definition) is 2. The molecule has 0 atom stereocenters. The lowest BCUT2D eigenvalue weighted by Crippen LogP contribution is -2.47. The van der Waals surface area contributed by atoms with Gasteiger partial charge in [-0.3, -0.25) is 9.79 Å². The molecule has 1 aromatic carbocycles. The van der Waals surface area contributed by atoms with Gasteiger partial charge >= 0.3 is 0 Å². The van der Waals surface area contributed by atoms with Crippen molar-refractivity contribution in [1.82, 2.24) is 15.5 Å². The van der Waals surface area contributed by atoms with Crippen molar-refractivity contribution in [3.8, 4) is 0 Å². The van der Waals surface area contributed by atoms with E-state index in [1.807, 2.05) is 17.8 Å². The minimum atomic E-state index is -0.172. The molecule has 9 heteroatoms. The summed E-state index contributed by atoms with van der Waals surface area (Å²) in [6.07, 6.45) is 3.87. The number of amides is 1. The fourth-order valence-electron chi connectivity index (χ4n) is 3.81. The third-order valence-electron chi connectivity index (χ3n) is 5.45. The average Bonchev–Trinajstić information content (AvgIpc) is 2.77. The molecule has 168 valence electrons. The Morgan fingerprint density at radius 2 is 1.93 bits per heavy atom. The predicted molar refractivity (Wildman–Crippen MR) is 137 cm³/mol. The Morgan fingerprint density at radius 3 is 2.60 bits per heavy atom. The lowest BCUT2D eigenvalue weighted by Gasteiger charge is -2.34. The second-order valence-electron chi connectivity index (χ2n) is 7.41. The molecule has 5 nitrogen and oxygen atoms in total. The van der Waals surface area contributed by atoms with Gasteiger partial charge in [-0.15, -0.1) is 35.7 Å². The van der Waals surface area contributed by atoms with Crippen molar-refractivity contribution in [2.45, 2.75) is 36.6 Å². The van der Waals surface area contributed by atoms with E-state index < -0.39 is 0 Å². The quantitative estimate of drug-likeness (QED) is 0.180. The first-order valence-corrected chi connectivity index (χ1v) is 12.5. The van der Waals surface area contributed by atoms with Crippen LogP contribution in [0.25, 0.3) is 0 Å². The van der Waals surface area contributed by atoms with Crippen LogP contribution in [-0.2, 0) is 4.79 Å². The fourth-order valence-corrected chi connectivity index (χ4v) is 5.51. The van der Waals surface area contributed by atoms with Gasteiger partial charge in [0.2, 0.25) is 5.91 Å². The third-order valence-corrected chi connectivity index (χ3v) is 7.45.